The van der Waals surface area contributed by atoms with Gasteiger partial charge in [0, 0.05) is 8.47 Å². The minimum atomic E-state index is -0.249. The monoisotopic (exact) mass is 268 g/mol. The summed E-state index contributed by atoms with van der Waals surface area (Å²) in [6, 6.07) is 3.21. The van der Waals surface area contributed by atoms with Crippen LogP contribution in [0.1, 0.15) is 5.56 Å². The van der Waals surface area contributed by atoms with Gasteiger partial charge in [-0.3, -0.25) is 0 Å². The summed E-state index contributed by atoms with van der Waals surface area (Å²) in [5.41, 5.74) is 0.955. The third kappa shape index (κ3) is 1.63. The molecule has 0 heterocycles. The number of benzene rings is 1. The number of hydrogen-bond acceptors (Lipinski definition) is 1. The number of thiol groups is 1. The molecule has 0 spiro atoms. The summed E-state index contributed by atoms with van der Waals surface area (Å²) in [5.74, 6) is -0.249. The SMILES string of the molecule is Cc1cc(F)c(S)cc1I. The molecule has 54 valence electrons. The molecule has 0 amide bonds. The van der Waals surface area contributed by atoms with Gasteiger partial charge in [-0.15, -0.1) is 12.6 Å². The molecule has 0 nitrogen and oxygen atoms in total. The van der Waals surface area contributed by atoms with Crippen LogP contribution in [0.5, 0.6) is 0 Å². The fraction of sp³-hybridized carbons (Fsp3) is 0.143. The normalized spacial score (nSPS) is 10.0. The van der Waals surface area contributed by atoms with Crippen molar-refractivity contribution in [2.75, 3.05) is 0 Å². The molecule has 1 aromatic rings. The zero-order chi connectivity index (χ0) is 7.72. The van der Waals surface area contributed by atoms with Crippen LogP contribution in [0.2, 0.25) is 0 Å². The highest BCUT2D eigenvalue weighted by Gasteiger charge is 2.00. The quantitative estimate of drug-likeness (QED) is 0.542. The Hall–Kier alpha value is 0.230. The molecular weight excluding hydrogens is 262 g/mol. The van der Waals surface area contributed by atoms with Gasteiger partial charge in [0.15, 0.2) is 0 Å². The van der Waals surface area contributed by atoms with E-state index in [9.17, 15) is 4.39 Å². The molecule has 0 N–H and O–H groups in total. The standard InChI is InChI=1S/C7H6FIS/c1-4-2-5(8)7(10)3-6(4)9/h2-3,10H,1H3. The Kier molecular flexibility index (Phi) is 2.57. The second kappa shape index (κ2) is 3.09. The van der Waals surface area contributed by atoms with Crippen LogP contribution in [0.3, 0.4) is 0 Å². The van der Waals surface area contributed by atoms with Crippen molar-refractivity contribution >= 4 is 35.2 Å². The van der Waals surface area contributed by atoms with Crippen LogP contribution in [-0.4, -0.2) is 0 Å². The molecule has 0 unspecified atom stereocenters. The van der Waals surface area contributed by atoms with Crippen molar-refractivity contribution < 1.29 is 4.39 Å². The Morgan fingerprint density at radius 2 is 2.10 bits per heavy atom. The Labute approximate surface area is 78.4 Å². The second-order valence-electron chi connectivity index (χ2n) is 2.05. The molecule has 0 aliphatic rings. The van der Waals surface area contributed by atoms with Crippen molar-refractivity contribution in [1.29, 1.82) is 0 Å². The lowest BCUT2D eigenvalue weighted by molar-refractivity contribution is 0.601. The van der Waals surface area contributed by atoms with Crippen LogP contribution >= 0.6 is 35.2 Å². The van der Waals surface area contributed by atoms with E-state index in [2.05, 4.69) is 35.2 Å². The second-order valence-corrected chi connectivity index (χ2v) is 3.70. The third-order valence-corrected chi connectivity index (χ3v) is 2.73. The first kappa shape index (κ1) is 8.33. The molecule has 0 aliphatic carbocycles. The fourth-order valence-corrected chi connectivity index (χ4v) is 1.54. The van der Waals surface area contributed by atoms with E-state index in [0.717, 1.165) is 9.13 Å². The molecule has 0 fully saturated rings. The van der Waals surface area contributed by atoms with E-state index in [1.165, 1.54) is 6.07 Å². The van der Waals surface area contributed by atoms with Gasteiger partial charge in [0.1, 0.15) is 5.82 Å². The highest BCUT2D eigenvalue weighted by Crippen LogP contribution is 2.19. The van der Waals surface area contributed by atoms with Crippen LogP contribution < -0.4 is 0 Å². The maximum atomic E-state index is 12.7. The lowest BCUT2D eigenvalue weighted by Gasteiger charge is -1.99. The first-order valence-corrected chi connectivity index (χ1v) is 4.28. The summed E-state index contributed by atoms with van der Waals surface area (Å²) in [7, 11) is 0. The van der Waals surface area contributed by atoms with Crippen LogP contribution in [0.15, 0.2) is 17.0 Å². The topological polar surface area (TPSA) is 0 Å². The molecule has 0 saturated carbocycles. The van der Waals surface area contributed by atoms with Crippen molar-refractivity contribution in [3.8, 4) is 0 Å². The summed E-state index contributed by atoms with van der Waals surface area (Å²) >= 11 is 6.09. The van der Waals surface area contributed by atoms with Crippen molar-refractivity contribution in [3.05, 3.63) is 27.1 Å². The van der Waals surface area contributed by atoms with Crippen LogP contribution in [-0.2, 0) is 0 Å². The van der Waals surface area contributed by atoms with Crippen molar-refractivity contribution in [3.63, 3.8) is 0 Å². The van der Waals surface area contributed by atoms with Crippen molar-refractivity contribution in [2.45, 2.75) is 11.8 Å². The third-order valence-electron chi connectivity index (χ3n) is 1.23. The van der Waals surface area contributed by atoms with Gasteiger partial charge in [0.2, 0.25) is 0 Å². The van der Waals surface area contributed by atoms with E-state index in [0.29, 0.717) is 4.90 Å². The number of hydrogen-bond donors (Lipinski definition) is 1. The zero-order valence-electron chi connectivity index (χ0n) is 5.36. The molecule has 1 aromatic carbocycles. The maximum absolute atomic E-state index is 12.7. The van der Waals surface area contributed by atoms with Gasteiger partial charge >= 0.3 is 0 Å². The van der Waals surface area contributed by atoms with Gasteiger partial charge in [-0.2, -0.15) is 0 Å². The van der Waals surface area contributed by atoms with Gasteiger partial charge in [-0.1, -0.05) is 0 Å². The van der Waals surface area contributed by atoms with E-state index in [-0.39, 0.29) is 5.82 Å². The predicted octanol–water partition coefficient (Wildman–Crippen LogP) is 3.03. The molecule has 0 saturated heterocycles. The van der Waals surface area contributed by atoms with E-state index in [1.807, 2.05) is 6.92 Å². The van der Waals surface area contributed by atoms with Gasteiger partial charge in [-0.05, 0) is 47.2 Å². The summed E-state index contributed by atoms with van der Waals surface area (Å²) < 4.78 is 13.7. The summed E-state index contributed by atoms with van der Waals surface area (Å²) in [6.07, 6.45) is 0. The fourth-order valence-electron chi connectivity index (χ4n) is 0.636. The average Bonchev–Trinajstić information content (AvgIpc) is 1.84. The Bertz CT molecular complexity index is 210. The molecule has 0 radical (unpaired) electrons. The lowest BCUT2D eigenvalue weighted by atomic mass is 10.2. The van der Waals surface area contributed by atoms with Crippen molar-refractivity contribution in [1.82, 2.24) is 0 Å². The lowest BCUT2D eigenvalue weighted by Crippen LogP contribution is -1.84. The summed E-state index contributed by atoms with van der Waals surface area (Å²) in [6.45, 7) is 1.87. The van der Waals surface area contributed by atoms with E-state index >= 15 is 0 Å². The molecule has 0 atom stereocenters. The molecular formula is C7H6FIS. The summed E-state index contributed by atoms with van der Waals surface area (Å²) in [4.78, 5) is 0.412. The van der Waals surface area contributed by atoms with E-state index in [4.69, 9.17) is 0 Å². The summed E-state index contributed by atoms with van der Waals surface area (Å²) in [5, 5.41) is 0. The van der Waals surface area contributed by atoms with E-state index < -0.39 is 0 Å². The van der Waals surface area contributed by atoms with E-state index in [1.54, 1.807) is 6.07 Å². The maximum Gasteiger partial charge on any atom is 0.136 e. The molecule has 1 rings (SSSR count). The Morgan fingerprint density at radius 3 is 2.60 bits per heavy atom. The van der Waals surface area contributed by atoms with Crippen LogP contribution in [0.25, 0.3) is 0 Å². The molecule has 0 bridgehead atoms. The minimum Gasteiger partial charge on any atom is -0.206 e. The van der Waals surface area contributed by atoms with Gasteiger partial charge < -0.3 is 0 Å². The number of rotatable bonds is 0. The van der Waals surface area contributed by atoms with Crippen molar-refractivity contribution in [2.24, 2.45) is 0 Å². The van der Waals surface area contributed by atoms with Gasteiger partial charge in [0.05, 0.1) is 0 Å². The first-order chi connectivity index (χ1) is 4.61. The largest absolute Gasteiger partial charge is 0.206 e. The smallest absolute Gasteiger partial charge is 0.136 e. The average molecular weight is 268 g/mol. The van der Waals surface area contributed by atoms with Gasteiger partial charge in [-0.25, -0.2) is 4.39 Å². The minimum absolute atomic E-state index is 0.249. The zero-order valence-corrected chi connectivity index (χ0v) is 8.41. The van der Waals surface area contributed by atoms with Crippen LogP contribution in [0.4, 0.5) is 4.39 Å². The number of aryl methyl sites for hydroxylation is 1. The highest BCUT2D eigenvalue weighted by atomic mass is 127. The Morgan fingerprint density at radius 1 is 1.50 bits per heavy atom. The molecule has 3 heteroatoms. The van der Waals surface area contributed by atoms with Crippen LogP contribution in [0, 0.1) is 16.3 Å². The first-order valence-electron chi connectivity index (χ1n) is 2.76. The molecule has 10 heavy (non-hydrogen) atoms. The molecule has 0 aliphatic heterocycles. The van der Waals surface area contributed by atoms with Gasteiger partial charge in [0.25, 0.3) is 0 Å². The molecule has 0 aromatic heterocycles. The Balaban J connectivity index is 3.28. The highest BCUT2D eigenvalue weighted by molar-refractivity contribution is 14.1. The number of halogens is 2. The predicted molar refractivity (Wildman–Crippen MR) is 51.1 cm³/mol.